The average molecular weight is 385 g/mol. The molecule has 2 atom stereocenters. The lowest BCUT2D eigenvalue weighted by Crippen LogP contribution is -2.33. The number of carboxylic acids is 2. The van der Waals surface area contributed by atoms with Crippen molar-refractivity contribution >= 4 is 23.7 Å². The predicted octanol–water partition coefficient (Wildman–Crippen LogP) is 2.08. The van der Waals surface area contributed by atoms with Gasteiger partial charge in [-0.05, 0) is 31.2 Å². The number of H-pyrrole nitrogens is 1. The van der Waals surface area contributed by atoms with Gasteiger partial charge in [0.2, 0.25) is 0 Å². The van der Waals surface area contributed by atoms with Gasteiger partial charge in [-0.15, -0.1) is 0 Å². The van der Waals surface area contributed by atoms with Gasteiger partial charge in [-0.25, -0.2) is 14.4 Å². The molecule has 10 heteroatoms. The van der Waals surface area contributed by atoms with Gasteiger partial charge >= 0.3 is 18.0 Å². The van der Waals surface area contributed by atoms with Gasteiger partial charge in [0.05, 0.1) is 18.2 Å². The van der Waals surface area contributed by atoms with E-state index in [1.165, 1.54) is 4.90 Å². The molecule has 1 saturated heterocycles. The summed E-state index contributed by atoms with van der Waals surface area (Å²) in [6.45, 7) is 1.73. The van der Waals surface area contributed by atoms with Crippen molar-refractivity contribution in [2.45, 2.75) is 19.1 Å². The van der Waals surface area contributed by atoms with E-state index in [1.54, 1.807) is 31.2 Å². The van der Waals surface area contributed by atoms with Gasteiger partial charge < -0.3 is 24.7 Å². The van der Waals surface area contributed by atoms with E-state index < -0.39 is 41.5 Å². The number of nitriles is 1. The third-order valence-corrected chi connectivity index (χ3v) is 4.25. The van der Waals surface area contributed by atoms with Crippen molar-refractivity contribution < 1.29 is 34.1 Å². The van der Waals surface area contributed by atoms with Crippen LogP contribution in [0, 0.1) is 11.3 Å². The number of carbonyl (C=O) groups excluding carboxylic acids is 1. The van der Waals surface area contributed by atoms with Crippen LogP contribution in [0.4, 0.5) is 10.5 Å². The molecule has 3 rings (SSSR count). The van der Waals surface area contributed by atoms with Crippen LogP contribution in [0.1, 0.15) is 33.3 Å². The highest BCUT2D eigenvalue weighted by atomic mass is 16.6. The highest BCUT2D eigenvalue weighted by Crippen LogP contribution is 2.28. The van der Waals surface area contributed by atoms with Crippen molar-refractivity contribution in [3.05, 3.63) is 47.3 Å². The number of cyclic esters (lactones) is 1. The SMILES string of the molecule is CC(Oc1c[nH]c(C(=O)O)c1C(=O)O)C1CN(c2ccc(C#N)cc2)C(=O)O1. The largest absolute Gasteiger partial charge is 0.484 e. The number of nitrogens with zero attached hydrogens (tertiary/aromatic N) is 2. The molecule has 3 N–H and O–H groups in total. The summed E-state index contributed by atoms with van der Waals surface area (Å²) in [6.07, 6.45) is -0.932. The van der Waals surface area contributed by atoms with Crippen LogP contribution in [0.15, 0.2) is 30.5 Å². The van der Waals surface area contributed by atoms with E-state index in [0.717, 1.165) is 6.20 Å². The van der Waals surface area contributed by atoms with Gasteiger partial charge in [-0.2, -0.15) is 5.26 Å². The first kappa shape index (κ1) is 18.8. The summed E-state index contributed by atoms with van der Waals surface area (Å²) in [5, 5.41) is 27.2. The van der Waals surface area contributed by atoms with Crippen molar-refractivity contribution in [3.8, 4) is 11.8 Å². The Kier molecular flexibility index (Phi) is 4.91. The number of carbonyl (C=O) groups is 3. The molecule has 0 aliphatic carbocycles. The Bertz CT molecular complexity index is 974. The lowest BCUT2D eigenvalue weighted by atomic mass is 10.2. The smallest absolute Gasteiger partial charge is 0.414 e. The van der Waals surface area contributed by atoms with Gasteiger partial charge in [0.25, 0.3) is 0 Å². The number of amides is 1. The molecule has 2 unspecified atom stereocenters. The van der Waals surface area contributed by atoms with E-state index in [4.69, 9.17) is 19.8 Å². The molecule has 28 heavy (non-hydrogen) atoms. The number of nitrogens with one attached hydrogen (secondary N) is 1. The number of carboxylic acid groups (broad SMARTS) is 2. The number of aromatic carboxylic acids is 2. The molecule has 0 radical (unpaired) electrons. The molecule has 10 nitrogen and oxygen atoms in total. The lowest BCUT2D eigenvalue weighted by Gasteiger charge is -2.19. The number of ether oxygens (including phenoxy) is 2. The molecule has 2 heterocycles. The highest BCUT2D eigenvalue weighted by Gasteiger charge is 2.37. The number of hydrogen-bond acceptors (Lipinski definition) is 6. The van der Waals surface area contributed by atoms with E-state index in [0.29, 0.717) is 11.3 Å². The Balaban J connectivity index is 1.75. The monoisotopic (exact) mass is 385 g/mol. The van der Waals surface area contributed by atoms with Gasteiger partial charge in [0, 0.05) is 11.9 Å². The number of aromatic nitrogens is 1. The second kappa shape index (κ2) is 7.32. The van der Waals surface area contributed by atoms with Crippen LogP contribution in [-0.4, -0.2) is 52.0 Å². The average Bonchev–Trinajstić information content (AvgIpc) is 3.25. The highest BCUT2D eigenvalue weighted by molar-refractivity contribution is 6.02. The van der Waals surface area contributed by atoms with Crippen LogP contribution >= 0.6 is 0 Å². The second-order valence-electron chi connectivity index (χ2n) is 6.03. The normalized spacial score (nSPS) is 16.9. The Labute approximate surface area is 158 Å². The number of benzene rings is 1. The summed E-state index contributed by atoms with van der Waals surface area (Å²) in [7, 11) is 0. The van der Waals surface area contributed by atoms with Crippen molar-refractivity contribution in [2.75, 3.05) is 11.4 Å². The minimum absolute atomic E-state index is 0.143. The molecule has 0 spiro atoms. The Morgan fingerprint density at radius 3 is 2.57 bits per heavy atom. The molecule has 0 bridgehead atoms. The van der Waals surface area contributed by atoms with Crippen LogP contribution in [0.25, 0.3) is 0 Å². The number of rotatable bonds is 6. The third kappa shape index (κ3) is 3.45. The summed E-state index contributed by atoms with van der Waals surface area (Å²) in [5.41, 5.74) is -0.0165. The maximum absolute atomic E-state index is 12.2. The van der Waals surface area contributed by atoms with Gasteiger partial charge in [0.1, 0.15) is 17.4 Å². The van der Waals surface area contributed by atoms with E-state index in [2.05, 4.69) is 4.98 Å². The molecule has 1 aromatic carbocycles. The summed E-state index contributed by atoms with van der Waals surface area (Å²) in [6, 6.07) is 8.36. The van der Waals surface area contributed by atoms with E-state index in [-0.39, 0.29) is 12.3 Å². The first-order valence-corrected chi connectivity index (χ1v) is 8.14. The Morgan fingerprint density at radius 2 is 2.00 bits per heavy atom. The quantitative estimate of drug-likeness (QED) is 0.683. The zero-order chi connectivity index (χ0) is 20.4. The van der Waals surface area contributed by atoms with E-state index in [1.807, 2.05) is 6.07 Å². The maximum Gasteiger partial charge on any atom is 0.414 e. The summed E-state index contributed by atoms with van der Waals surface area (Å²) < 4.78 is 10.9. The van der Waals surface area contributed by atoms with E-state index in [9.17, 15) is 19.5 Å². The molecule has 1 aliphatic heterocycles. The molecule has 1 aromatic heterocycles. The third-order valence-electron chi connectivity index (χ3n) is 4.25. The minimum atomic E-state index is -1.46. The number of anilines is 1. The fourth-order valence-electron chi connectivity index (χ4n) is 2.81. The van der Waals surface area contributed by atoms with Crippen LogP contribution in [-0.2, 0) is 4.74 Å². The van der Waals surface area contributed by atoms with Crippen molar-refractivity contribution in [3.63, 3.8) is 0 Å². The van der Waals surface area contributed by atoms with Crippen molar-refractivity contribution in [2.24, 2.45) is 0 Å². The lowest BCUT2D eigenvalue weighted by molar-refractivity contribution is 0.0541. The van der Waals surface area contributed by atoms with Gasteiger partial charge in [-0.1, -0.05) is 0 Å². The van der Waals surface area contributed by atoms with Crippen LogP contribution in [0.5, 0.6) is 5.75 Å². The molecule has 1 fully saturated rings. The van der Waals surface area contributed by atoms with Gasteiger partial charge in [-0.3, -0.25) is 4.90 Å². The Morgan fingerprint density at radius 1 is 1.32 bits per heavy atom. The number of hydrogen-bond donors (Lipinski definition) is 3. The Hall–Kier alpha value is -4.00. The minimum Gasteiger partial charge on any atom is -0.484 e. The fourth-order valence-corrected chi connectivity index (χ4v) is 2.81. The van der Waals surface area contributed by atoms with Crippen LogP contribution in [0.3, 0.4) is 0 Å². The zero-order valence-corrected chi connectivity index (χ0v) is 14.6. The molecule has 144 valence electrons. The second-order valence-corrected chi connectivity index (χ2v) is 6.03. The summed E-state index contributed by atoms with van der Waals surface area (Å²) in [4.78, 5) is 38.4. The first-order valence-electron chi connectivity index (χ1n) is 8.14. The standard InChI is InChI=1S/C18H15N3O7/c1-9(27-12-7-20-15(17(24)25)14(12)16(22)23)13-8-21(18(26)28-13)11-4-2-10(6-19)3-5-11/h2-5,7,9,13,20H,8H2,1H3,(H,22,23)(H,24,25). The zero-order valence-electron chi connectivity index (χ0n) is 14.6. The number of aromatic amines is 1. The fraction of sp³-hybridized carbons (Fsp3) is 0.222. The van der Waals surface area contributed by atoms with Crippen LogP contribution < -0.4 is 9.64 Å². The molecule has 0 saturated carbocycles. The predicted molar refractivity (Wildman–Crippen MR) is 93.6 cm³/mol. The molecule has 2 aromatic rings. The first-order chi connectivity index (χ1) is 13.3. The molecule has 1 aliphatic rings. The molecular weight excluding hydrogens is 370 g/mol. The maximum atomic E-state index is 12.2. The summed E-state index contributed by atoms with van der Waals surface area (Å²) >= 11 is 0. The van der Waals surface area contributed by atoms with Crippen molar-refractivity contribution in [1.29, 1.82) is 5.26 Å². The molecular formula is C18H15N3O7. The van der Waals surface area contributed by atoms with Gasteiger partial charge in [0.15, 0.2) is 11.9 Å². The molecule has 1 amide bonds. The van der Waals surface area contributed by atoms with Crippen LogP contribution in [0.2, 0.25) is 0 Å². The topological polar surface area (TPSA) is 153 Å². The summed E-state index contributed by atoms with van der Waals surface area (Å²) in [5.74, 6) is -3.05. The van der Waals surface area contributed by atoms with Crippen molar-refractivity contribution in [1.82, 2.24) is 4.98 Å². The van der Waals surface area contributed by atoms with E-state index >= 15 is 0 Å².